The molecule has 1 aromatic rings. The Labute approximate surface area is 110 Å². The van der Waals surface area contributed by atoms with Gasteiger partial charge in [0.25, 0.3) is 0 Å². The van der Waals surface area contributed by atoms with Crippen LogP contribution in [0.2, 0.25) is 0 Å². The van der Waals surface area contributed by atoms with Crippen LogP contribution in [0, 0.1) is 12.8 Å². The Morgan fingerprint density at radius 1 is 1.61 bits per heavy atom. The first kappa shape index (κ1) is 13.3. The van der Waals surface area contributed by atoms with Crippen molar-refractivity contribution >= 4 is 22.4 Å². The Morgan fingerprint density at radius 3 is 2.89 bits per heavy atom. The van der Waals surface area contributed by atoms with E-state index in [1.54, 1.807) is 6.92 Å². The minimum atomic E-state index is -0.908. The lowest BCUT2D eigenvalue weighted by Crippen LogP contribution is -2.22. The Kier molecular flexibility index (Phi) is 4.19. The van der Waals surface area contributed by atoms with Gasteiger partial charge in [-0.3, -0.25) is 0 Å². The third-order valence-electron chi connectivity index (χ3n) is 2.93. The van der Waals surface area contributed by atoms with Crippen molar-refractivity contribution in [3.05, 3.63) is 10.6 Å². The van der Waals surface area contributed by atoms with E-state index in [-0.39, 0.29) is 0 Å². The Balaban J connectivity index is 1.81. The van der Waals surface area contributed by atoms with E-state index in [1.807, 2.05) is 11.9 Å². The maximum atomic E-state index is 10.9. The van der Waals surface area contributed by atoms with Crippen LogP contribution in [0.4, 0.5) is 5.13 Å². The quantitative estimate of drug-likeness (QED) is 0.768. The summed E-state index contributed by atoms with van der Waals surface area (Å²) in [7, 11) is 1.91. The van der Waals surface area contributed by atoms with Crippen molar-refractivity contribution < 1.29 is 14.6 Å². The highest BCUT2D eigenvalue weighted by molar-refractivity contribution is 7.17. The molecule has 1 saturated carbocycles. The molecule has 0 atom stereocenters. The van der Waals surface area contributed by atoms with E-state index in [1.165, 1.54) is 24.2 Å². The molecule has 1 aliphatic rings. The van der Waals surface area contributed by atoms with Crippen molar-refractivity contribution in [2.24, 2.45) is 5.92 Å². The third kappa shape index (κ3) is 3.43. The molecule has 0 unspecified atom stereocenters. The van der Waals surface area contributed by atoms with Crippen LogP contribution >= 0.6 is 11.3 Å². The van der Waals surface area contributed by atoms with Crippen molar-refractivity contribution in [3.63, 3.8) is 0 Å². The van der Waals surface area contributed by atoms with Crippen LogP contribution in [0.1, 0.15) is 28.2 Å². The van der Waals surface area contributed by atoms with E-state index in [0.717, 1.165) is 24.2 Å². The van der Waals surface area contributed by atoms with Crippen molar-refractivity contribution in [1.29, 1.82) is 0 Å². The second-order valence-corrected chi connectivity index (χ2v) is 5.63. The molecule has 1 heterocycles. The molecule has 100 valence electrons. The van der Waals surface area contributed by atoms with Crippen molar-refractivity contribution in [3.8, 4) is 0 Å². The molecule has 0 radical (unpaired) electrons. The first-order valence-corrected chi connectivity index (χ1v) is 6.89. The summed E-state index contributed by atoms with van der Waals surface area (Å²) in [5.41, 5.74) is 0.577. The van der Waals surface area contributed by atoms with Gasteiger partial charge in [0.05, 0.1) is 12.3 Å². The van der Waals surface area contributed by atoms with Crippen molar-refractivity contribution in [2.45, 2.75) is 19.8 Å². The Morgan fingerprint density at radius 2 is 2.33 bits per heavy atom. The predicted molar refractivity (Wildman–Crippen MR) is 70.6 cm³/mol. The van der Waals surface area contributed by atoms with Crippen LogP contribution in [0.25, 0.3) is 0 Å². The number of rotatable bonds is 7. The molecule has 1 aromatic heterocycles. The summed E-state index contributed by atoms with van der Waals surface area (Å²) in [5, 5.41) is 9.71. The van der Waals surface area contributed by atoms with Gasteiger partial charge in [-0.25, -0.2) is 9.78 Å². The highest BCUT2D eigenvalue weighted by atomic mass is 32.1. The number of carboxylic acids is 1. The fourth-order valence-corrected chi connectivity index (χ4v) is 2.47. The van der Waals surface area contributed by atoms with Gasteiger partial charge in [-0.1, -0.05) is 11.3 Å². The van der Waals surface area contributed by atoms with E-state index >= 15 is 0 Å². The third-order valence-corrected chi connectivity index (χ3v) is 4.19. The van der Waals surface area contributed by atoms with E-state index in [2.05, 4.69) is 4.98 Å². The summed E-state index contributed by atoms with van der Waals surface area (Å²) in [4.78, 5) is 17.5. The summed E-state index contributed by atoms with van der Waals surface area (Å²) in [6.07, 6.45) is 2.59. The maximum absolute atomic E-state index is 10.9. The van der Waals surface area contributed by atoms with Gasteiger partial charge >= 0.3 is 5.97 Å². The normalized spacial score (nSPS) is 14.8. The first-order valence-electron chi connectivity index (χ1n) is 6.07. The molecule has 0 spiro atoms. The topological polar surface area (TPSA) is 62.7 Å². The lowest BCUT2D eigenvalue weighted by Gasteiger charge is -2.15. The number of ether oxygens (including phenoxy) is 1. The average molecular weight is 270 g/mol. The minimum Gasteiger partial charge on any atom is -0.477 e. The Bertz CT molecular complexity index is 429. The minimum absolute atomic E-state index is 0.316. The molecule has 1 N–H and O–H groups in total. The highest BCUT2D eigenvalue weighted by Crippen LogP contribution is 2.29. The summed E-state index contributed by atoms with van der Waals surface area (Å²) >= 11 is 1.21. The SMILES string of the molecule is Cc1nc(N(C)CCOCC2CC2)sc1C(=O)O. The molecule has 6 heteroatoms. The number of hydrogen-bond acceptors (Lipinski definition) is 5. The molecule has 0 saturated heterocycles. The van der Waals surface area contributed by atoms with Crippen molar-refractivity contribution in [1.82, 2.24) is 4.98 Å². The molecule has 0 bridgehead atoms. The molecule has 0 aromatic carbocycles. The molecule has 18 heavy (non-hydrogen) atoms. The smallest absolute Gasteiger partial charge is 0.347 e. The predicted octanol–water partition coefficient (Wildman–Crippen LogP) is 2.01. The van der Waals surface area contributed by atoms with E-state index in [0.29, 0.717) is 17.2 Å². The van der Waals surface area contributed by atoms with Gasteiger partial charge in [0.15, 0.2) is 5.13 Å². The largest absolute Gasteiger partial charge is 0.477 e. The summed E-state index contributed by atoms with van der Waals surface area (Å²) in [6, 6.07) is 0. The van der Waals surface area contributed by atoms with Crippen LogP contribution in [0.5, 0.6) is 0 Å². The molecule has 0 amide bonds. The lowest BCUT2D eigenvalue weighted by molar-refractivity contribution is 0.0701. The molecule has 5 nitrogen and oxygen atoms in total. The monoisotopic (exact) mass is 270 g/mol. The zero-order chi connectivity index (χ0) is 13.1. The molecule has 2 rings (SSSR count). The van der Waals surface area contributed by atoms with Gasteiger partial charge in [-0.2, -0.15) is 0 Å². The number of likely N-dealkylation sites (N-methyl/N-ethyl adjacent to an activating group) is 1. The fraction of sp³-hybridized carbons (Fsp3) is 0.667. The van der Waals surface area contributed by atoms with Gasteiger partial charge in [0, 0.05) is 20.2 Å². The second-order valence-electron chi connectivity index (χ2n) is 4.66. The number of carbonyl (C=O) groups is 1. The van der Waals surface area contributed by atoms with Crippen LogP contribution < -0.4 is 4.90 Å². The number of nitrogens with zero attached hydrogens (tertiary/aromatic N) is 2. The zero-order valence-electron chi connectivity index (χ0n) is 10.7. The summed E-state index contributed by atoms with van der Waals surface area (Å²) < 4.78 is 5.55. The van der Waals surface area contributed by atoms with E-state index in [4.69, 9.17) is 9.84 Å². The zero-order valence-corrected chi connectivity index (χ0v) is 11.5. The number of aromatic nitrogens is 1. The maximum Gasteiger partial charge on any atom is 0.347 e. The van der Waals surface area contributed by atoms with Gasteiger partial charge in [-0.05, 0) is 25.7 Å². The number of carboxylic acid groups (broad SMARTS) is 1. The molecular weight excluding hydrogens is 252 g/mol. The average Bonchev–Trinajstić information content (AvgIpc) is 3.05. The number of aryl methyl sites for hydroxylation is 1. The van der Waals surface area contributed by atoms with Crippen molar-refractivity contribution in [2.75, 3.05) is 31.7 Å². The molecular formula is C12H18N2O3S. The number of aromatic carboxylic acids is 1. The first-order chi connectivity index (χ1) is 8.58. The number of anilines is 1. The molecule has 0 aliphatic heterocycles. The van der Waals surface area contributed by atoms with E-state index < -0.39 is 5.97 Å². The fourth-order valence-electron chi connectivity index (χ4n) is 1.58. The standard InChI is InChI=1S/C12H18N2O3S/c1-8-10(11(15)16)18-12(13-8)14(2)5-6-17-7-9-3-4-9/h9H,3-7H2,1-2H3,(H,15,16). The van der Waals surface area contributed by atoms with Gasteiger partial charge in [0.1, 0.15) is 4.88 Å². The Hall–Kier alpha value is -1.14. The van der Waals surface area contributed by atoms with E-state index in [9.17, 15) is 4.79 Å². The van der Waals surface area contributed by atoms with Crippen LogP contribution in [-0.2, 0) is 4.74 Å². The van der Waals surface area contributed by atoms with Gasteiger partial charge in [0.2, 0.25) is 0 Å². The second kappa shape index (κ2) is 5.67. The molecule has 1 aliphatic carbocycles. The number of hydrogen-bond donors (Lipinski definition) is 1. The summed E-state index contributed by atoms with van der Waals surface area (Å²) in [6.45, 7) is 3.97. The summed E-state index contributed by atoms with van der Waals surface area (Å²) in [5.74, 6) is -0.134. The lowest BCUT2D eigenvalue weighted by atomic mass is 10.4. The van der Waals surface area contributed by atoms with Crippen LogP contribution in [0.3, 0.4) is 0 Å². The number of thiazole rings is 1. The van der Waals surface area contributed by atoms with Gasteiger partial charge < -0.3 is 14.7 Å². The van der Waals surface area contributed by atoms with Crippen LogP contribution in [-0.4, -0.2) is 42.9 Å². The van der Waals surface area contributed by atoms with Crippen LogP contribution in [0.15, 0.2) is 0 Å². The molecule has 1 fully saturated rings. The van der Waals surface area contributed by atoms with Gasteiger partial charge in [-0.15, -0.1) is 0 Å². The highest BCUT2D eigenvalue weighted by Gasteiger charge is 2.21.